The number of hydrogen-bond acceptors (Lipinski definition) is 5. The van der Waals surface area contributed by atoms with Crippen LogP contribution in [0.4, 0.5) is 10.1 Å². The molecule has 3 aromatic heterocycles. The Morgan fingerprint density at radius 1 is 1.15 bits per heavy atom. The van der Waals surface area contributed by atoms with Gasteiger partial charge >= 0.3 is 0 Å². The van der Waals surface area contributed by atoms with Crippen molar-refractivity contribution >= 4 is 22.7 Å². The molecule has 1 amide bonds. The first-order valence-corrected chi connectivity index (χ1v) is 7.87. The van der Waals surface area contributed by atoms with Crippen molar-refractivity contribution in [3.05, 3.63) is 71.9 Å². The molecule has 4 aromatic rings. The number of anilines is 1. The highest BCUT2D eigenvalue weighted by Crippen LogP contribution is 2.32. The Labute approximate surface area is 147 Å². The number of benzene rings is 1. The summed E-state index contributed by atoms with van der Waals surface area (Å²) >= 11 is 0. The van der Waals surface area contributed by atoms with Crippen LogP contribution in [-0.2, 0) is 0 Å². The third-order valence-corrected chi connectivity index (χ3v) is 3.89. The average molecular weight is 348 g/mol. The van der Waals surface area contributed by atoms with Gasteiger partial charge < -0.3 is 9.84 Å². The predicted molar refractivity (Wildman–Crippen MR) is 94.1 cm³/mol. The minimum absolute atomic E-state index is 0.183. The Morgan fingerprint density at radius 2 is 1.92 bits per heavy atom. The van der Waals surface area contributed by atoms with Crippen molar-refractivity contribution in [1.82, 2.24) is 15.1 Å². The Balaban J connectivity index is 1.87. The average Bonchev–Trinajstić information content (AvgIpc) is 3.05. The van der Waals surface area contributed by atoms with E-state index in [0.29, 0.717) is 22.3 Å². The number of halogens is 1. The lowest BCUT2D eigenvalue weighted by molar-refractivity contribution is 0.102. The maximum Gasteiger partial charge on any atom is 0.259 e. The molecule has 0 aliphatic carbocycles. The van der Waals surface area contributed by atoms with Crippen molar-refractivity contribution in [2.24, 2.45) is 0 Å². The molecule has 0 unspecified atom stereocenters. The molecule has 0 saturated heterocycles. The summed E-state index contributed by atoms with van der Waals surface area (Å²) in [5.41, 5.74) is 2.16. The molecule has 4 rings (SSSR count). The fourth-order valence-corrected chi connectivity index (χ4v) is 2.72. The number of aryl methyl sites for hydroxylation is 1. The molecule has 0 atom stereocenters. The van der Waals surface area contributed by atoms with Gasteiger partial charge in [0.05, 0.1) is 10.9 Å². The van der Waals surface area contributed by atoms with Crippen LogP contribution < -0.4 is 5.32 Å². The van der Waals surface area contributed by atoms with E-state index >= 15 is 0 Å². The molecule has 26 heavy (non-hydrogen) atoms. The zero-order valence-corrected chi connectivity index (χ0v) is 13.7. The molecular weight excluding hydrogens is 335 g/mol. The normalized spacial score (nSPS) is 10.8. The monoisotopic (exact) mass is 348 g/mol. The Kier molecular flexibility index (Phi) is 3.89. The molecular formula is C19H13FN4O2. The summed E-state index contributed by atoms with van der Waals surface area (Å²) in [5, 5.41) is 7.11. The second-order valence-corrected chi connectivity index (χ2v) is 5.69. The van der Waals surface area contributed by atoms with Crippen LogP contribution in [0.5, 0.6) is 0 Å². The zero-order valence-electron chi connectivity index (χ0n) is 13.7. The van der Waals surface area contributed by atoms with Crippen molar-refractivity contribution in [1.29, 1.82) is 0 Å². The smallest absolute Gasteiger partial charge is 0.259 e. The second kappa shape index (κ2) is 6.36. The lowest BCUT2D eigenvalue weighted by Crippen LogP contribution is -2.13. The number of pyridine rings is 2. The Hall–Kier alpha value is -3.61. The first-order valence-electron chi connectivity index (χ1n) is 7.87. The highest BCUT2D eigenvalue weighted by Gasteiger charge is 2.22. The standard InChI is InChI=1S/C19H13FN4O2/c1-11-10-14(18(25)23-12-6-8-21-9-7-12)16-17(24-26-19(16)22-11)13-4-2-3-5-15(13)20/h2-10H,1H3,(H,21,23,25). The third kappa shape index (κ3) is 2.79. The summed E-state index contributed by atoms with van der Waals surface area (Å²) in [4.78, 5) is 21.0. The first kappa shape index (κ1) is 15.9. The van der Waals surface area contributed by atoms with E-state index < -0.39 is 5.82 Å². The predicted octanol–water partition coefficient (Wildman–Crippen LogP) is 3.98. The van der Waals surface area contributed by atoms with Gasteiger partial charge in [0.15, 0.2) is 0 Å². The van der Waals surface area contributed by atoms with Crippen LogP contribution in [0.1, 0.15) is 16.1 Å². The quantitative estimate of drug-likeness (QED) is 0.605. The van der Waals surface area contributed by atoms with E-state index in [-0.39, 0.29) is 22.9 Å². The van der Waals surface area contributed by atoms with Gasteiger partial charge in [0.25, 0.3) is 11.6 Å². The van der Waals surface area contributed by atoms with Crippen LogP contribution in [0, 0.1) is 12.7 Å². The number of aromatic nitrogens is 3. The van der Waals surface area contributed by atoms with E-state index in [2.05, 4.69) is 20.4 Å². The SMILES string of the molecule is Cc1cc(C(=O)Nc2ccncc2)c2c(-c3ccccc3F)noc2n1. The van der Waals surface area contributed by atoms with Gasteiger partial charge in [0.1, 0.15) is 11.5 Å². The molecule has 0 fully saturated rings. The molecule has 0 radical (unpaired) electrons. The minimum atomic E-state index is -0.455. The van der Waals surface area contributed by atoms with Crippen LogP contribution >= 0.6 is 0 Å². The highest BCUT2D eigenvalue weighted by atomic mass is 19.1. The number of hydrogen-bond donors (Lipinski definition) is 1. The van der Waals surface area contributed by atoms with Gasteiger partial charge in [0, 0.05) is 29.3 Å². The van der Waals surface area contributed by atoms with Crippen molar-refractivity contribution in [2.75, 3.05) is 5.32 Å². The minimum Gasteiger partial charge on any atom is -0.335 e. The highest BCUT2D eigenvalue weighted by molar-refractivity contribution is 6.14. The fraction of sp³-hybridized carbons (Fsp3) is 0.0526. The Bertz CT molecular complexity index is 1110. The van der Waals surface area contributed by atoms with Gasteiger partial charge in [0.2, 0.25) is 0 Å². The topological polar surface area (TPSA) is 80.9 Å². The van der Waals surface area contributed by atoms with Crippen LogP contribution in [0.15, 0.2) is 59.4 Å². The number of fused-ring (bicyclic) bond motifs is 1. The molecule has 1 aromatic carbocycles. The molecule has 0 aliphatic heterocycles. The van der Waals surface area contributed by atoms with E-state index in [0.717, 1.165) is 0 Å². The fourth-order valence-electron chi connectivity index (χ4n) is 2.72. The summed E-state index contributed by atoms with van der Waals surface area (Å²) in [6.07, 6.45) is 3.15. The van der Waals surface area contributed by atoms with Crippen molar-refractivity contribution < 1.29 is 13.7 Å². The van der Waals surface area contributed by atoms with Crippen LogP contribution in [0.2, 0.25) is 0 Å². The van der Waals surface area contributed by atoms with Gasteiger partial charge in [-0.3, -0.25) is 9.78 Å². The third-order valence-electron chi connectivity index (χ3n) is 3.89. The number of carbonyl (C=O) groups is 1. The number of nitrogens with one attached hydrogen (secondary N) is 1. The largest absolute Gasteiger partial charge is 0.335 e. The molecule has 128 valence electrons. The lowest BCUT2D eigenvalue weighted by Gasteiger charge is -2.07. The maximum atomic E-state index is 14.2. The summed E-state index contributed by atoms with van der Waals surface area (Å²) in [6.45, 7) is 1.74. The van der Waals surface area contributed by atoms with Crippen molar-refractivity contribution in [3.8, 4) is 11.3 Å². The van der Waals surface area contributed by atoms with Crippen LogP contribution in [0.3, 0.4) is 0 Å². The van der Waals surface area contributed by atoms with Crippen molar-refractivity contribution in [2.45, 2.75) is 6.92 Å². The van der Waals surface area contributed by atoms with E-state index in [1.54, 1.807) is 55.7 Å². The van der Waals surface area contributed by atoms with Crippen molar-refractivity contribution in [3.63, 3.8) is 0 Å². The van der Waals surface area contributed by atoms with Gasteiger partial charge in [-0.15, -0.1) is 0 Å². The van der Waals surface area contributed by atoms with Gasteiger partial charge in [-0.2, -0.15) is 0 Å². The van der Waals surface area contributed by atoms with E-state index in [1.165, 1.54) is 6.07 Å². The summed E-state index contributed by atoms with van der Waals surface area (Å²) in [7, 11) is 0. The van der Waals surface area contributed by atoms with E-state index in [1.807, 2.05) is 0 Å². The first-order chi connectivity index (χ1) is 12.6. The van der Waals surface area contributed by atoms with E-state index in [4.69, 9.17) is 4.52 Å². The molecule has 7 heteroatoms. The van der Waals surface area contributed by atoms with Gasteiger partial charge in [-0.25, -0.2) is 9.37 Å². The summed E-state index contributed by atoms with van der Waals surface area (Å²) in [6, 6.07) is 11.2. The molecule has 0 spiro atoms. The number of carbonyl (C=O) groups excluding carboxylic acids is 1. The van der Waals surface area contributed by atoms with Gasteiger partial charge in [-0.1, -0.05) is 17.3 Å². The molecule has 0 saturated carbocycles. The summed E-state index contributed by atoms with van der Waals surface area (Å²) < 4.78 is 19.5. The summed E-state index contributed by atoms with van der Waals surface area (Å²) in [5.74, 6) is -0.823. The lowest BCUT2D eigenvalue weighted by atomic mass is 10.0. The zero-order chi connectivity index (χ0) is 18.1. The van der Waals surface area contributed by atoms with Crippen LogP contribution in [-0.4, -0.2) is 21.0 Å². The molecule has 1 N–H and O–H groups in total. The molecule has 0 aliphatic rings. The number of rotatable bonds is 3. The molecule has 0 bridgehead atoms. The van der Waals surface area contributed by atoms with E-state index in [9.17, 15) is 9.18 Å². The van der Waals surface area contributed by atoms with Crippen LogP contribution in [0.25, 0.3) is 22.4 Å². The molecule has 3 heterocycles. The number of amides is 1. The molecule has 6 nitrogen and oxygen atoms in total. The Morgan fingerprint density at radius 3 is 2.69 bits per heavy atom. The van der Waals surface area contributed by atoms with Gasteiger partial charge in [-0.05, 0) is 37.3 Å². The second-order valence-electron chi connectivity index (χ2n) is 5.69. The maximum absolute atomic E-state index is 14.2. The number of nitrogens with zero attached hydrogens (tertiary/aromatic N) is 3.